The van der Waals surface area contributed by atoms with Gasteiger partial charge in [0.2, 0.25) is 0 Å². The van der Waals surface area contributed by atoms with Crippen molar-refractivity contribution in [1.29, 1.82) is 0 Å². The number of esters is 1. The third kappa shape index (κ3) is 5.26. The van der Waals surface area contributed by atoms with E-state index in [9.17, 15) is 9.59 Å². The summed E-state index contributed by atoms with van der Waals surface area (Å²) < 4.78 is 20.7. The minimum absolute atomic E-state index is 0.184. The summed E-state index contributed by atoms with van der Waals surface area (Å²) >= 11 is 0. The van der Waals surface area contributed by atoms with Crippen molar-refractivity contribution in [1.82, 2.24) is 0 Å². The number of benzene rings is 2. The monoisotopic (exact) mass is 385 g/mol. The van der Waals surface area contributed by atoms with Gasteiger partial charge < -0.3 is 24.3 Å². The van der Waals surface area contributed by atoms with Crippen molar-refractivity contribution in [2.45, 2.75) is 6.92 Å². The Morgan fingerprint density at radius 3 is 2.43 bits per heavy atom. The molecule has 0 aliphatic heterocycles. The number of hydrogen-bond donors (Lipinski definition) is 1. The van der Waals surface area contributed by atoms with Gasteiger partial charge in [-0.3, -0.25) is 4.79 Å². The molecule has 7 nitrogen and oxygen atoms in total. The molecule has 148 valence electrons. The minimum Gasteiger partial charge on any atom is -0.497 e. The molecular formula is C21H23NO6. The highest BCUT2D eigenvalue weighted by Gasteiger charge is 2.16. The molecule has 0 spiro atoms. The number of rotatable bonds is 8. The SMILES string of the molecule is C/C=C/c1ccc(OCC(=O)Nc2ccc(OC)cc2C(=O)OC)c(OC)c1. The summed E-state index contributed by atoms with van der Waals surface area (Å²) in [5.41, 5.74) is 1.44. The van der Waals surface area contributed by atoms with Gasteiger partial charge in [0.25, 0.3) is 5.91 Å². The average molecular weight is 385 g/mol. The van der Waals surface area contributed by atoms with Crippen molar-refractivity contribution >= 4 is 23.6 Å². The molecule has 0 atom stereocenters. The van der Waals surface area contributed by atoms with E-state index in [1.54, 1.807) is 18.2 Å². The first-order chi connectivity index (χ1) is 13.5. The van der Waals surface area contributed by atoms with E-state index in [0.717, 1.165) is 5.56 Å². The zero-order valence-corrected chi connectivity index (χ0v) is 16.3. The normalized spacial score (nSPS) is 10.4. The van der Waals surface area contributed by atoms with Gasteiger partial charge in [0.15, 0.2) is 18.1 Å². The summed E-state index contributed by atoms with van der Waals surface area (Å²) in [4.78, 5) is 24.3. The molecule has 28 heavy (non-hydrogen) atoms. The van der Waals surface area contributed by atoms with Crippen LogP contribution in [0, 0.1) is 0 Å². The molecular weight excluding hydrogens is 362 g/mol. The highest BCUT2D eigenvalue weighted by molar-refractivity contribution is 6.02. The zero-order valence-electron chi connectivity index (χ0n) is 16.3. The molecule has 0 fully saturated rings. The number of allylic oxidation sites excluding steroid dienone is 1. The molecule has 1 amide bonds. The van der Waals surface area contributed by atoms with Gasteiger partial charge in [0.05, 0.1) is 32.6 Å². The van der Waals surface area contributed by atoms with Gasteiger partial charge in [-0.1, -0.05) is 18.2 Å². The summed E-state index contributed by atoms with van der Waals surface area (Å²) in [5.74, 6) is 0.406. The van der Waals surface area contributed by atoms with Crippen molar-refractivity contribution in [2.75, 3.05) is 33.3 Å². The molecule has 2 rings (SSSR count). The molecule has 1 N–H and O–H groups in total. The third-order valence-corrected chi connectivity index (χ3v) is 3.81. The summed E-state index contributed by atoms with van der Waals surface area (Å²) in [6.45, 7) is 1.66. The van der Waals surface area contributed by atoms with Crippen LogP contribution < -0.4 is 19.5 Å². The number of nitrogens with one attached hydrogen (secondary N) is 1. The highest BCUT2D eigenvalue weighted by atomic mass is 16.5. The quantitative estimate of drug-likeness (QED) is 0.700. The van der Waals surface area contributed by atoms with Gasteiger partial charge in [-0.25, -0.2) is 4.79 Å². The largest absolute Gasteiger partial charge is 0.497 e. The summed E-state index contributed by atoms with van der Waals surface area (Å²) in [5, 5.41) is 2.64. The first-order valence-corrected chi connectivity index (χ1v) is 8.52. The number of amides is 1. The van der Waals surface area contributed by atoms with Crippen LogP contribution in [-0.4, -0.2) is 39.8 Å². The fourth-order valence-corrected chi connectivity index (χ4v) is 2.47. The van der Waals surface area contributed by atoms with Crippen LogP contribution in [0.4, 0.5) is 5.69 Å². The summed E-state index contributed by atoms with van der Waals surface area (Å²) in [6, 6.07) is 10.1. The fraction of sp³-hybridized carbons (Fsp3) is 0.238. The second kappa shape index (κ2) is 10.0. The Balaban J connectivity index is 2.10. The fourth-order valence-electron chi connectivity index (χ4n) is 2.47. The van der Waals surface area contributed by atoms with Crippen molar-refractivity contribution in [3.8, 4) is 17.2 Å². The van der Waals surface area contributed by atoms with Gasteiger partial charge in [-0.15, -0.1) is 0 Å². The van der Waals surface area contributed by atoms with Crippen LogP contribution in [-0.2, 0) is 9.53 Å². The molecule has 0 aliphatic carbocycles. The predicted molar refractivity (Wildman–Crippen MR) is 106 cm³/mol. The van der Waals surface area contributed by atoms with Crippen molar-refractivity contribution in [3.05, 3.63) is 53.6 Å². The Labute approximate surface area is 163 Å². The Kier molecular flexibility index (Phi) is 7.45. The standard InChI is InChI=1S/C21H23NO6/c1-5-6-14-7-10-18(19(11-14)26-3)28-13-20(23)22-17-9-8-15(25-2)12-16(17)21(24)27-4/h5-12H,13H2,1-4H3,(H,22,23)/b6-5+. The summed E-state index contributed by atoms with van der Waals surface area (Å²) in [7, 11) is 4.28. The Morgan fingerprint density at radius 1 is 1.00 bits per heavy atom. The number of ether oxygens (including phenoxy) is 4. The maximum Gasteiger partial charge on any atom is 0.340 e. The van der Waals surface area contributed by atoms with Crippen LogP contribution in [0.5, 0.6) is 17.2 Å². The molecule has 0 aromatic heterocycles. The maximum atomic E-state index is 12.3. The Hall–Kier alpha value is -3.48. The smallest absolute Gasteiger partial charge is 0.340 e. The van der Waals surface area contributed by atoms with E-state index in [1.165, 1.54) is 27.4 Å². The number of carbonyl (C=O) groups is 2. The molecule has 0 saturated carbocycles. The van der Waals surface area contributed by atoms with Gasteiger partial charge in [0.1, 0.15) is 5.75 Å². The van der Waals surface area contributed by atoms with Crippen molar-refractivity contribution in [2.24, 2.45) is 0 Å². The van der Waals surface area contributed by atoms with Gasteiger partial charge in [0, 0.05) is 0 Å². The van der Waals surface area contributed by atoms with Crippen molar-refractivity contribution < 1.29 is 28.5 Å². The van der Waals surface area contributed by atoms with Crippen LogP contribution in [0.2, 0.25) is 0 Å². The topological polar surface area (TPSA) is 83.1 Å². The van der Waals surface area contributed by atoms with Crippen LogP contribution in [0.25, 0.3) is 6.08 Å². The minimum atomic E-state index is -0.587. The molecule has 7 heteroatoms. The number of carbonyl (C=O) groups excluding carboxylic acids is 2. The lowest BCUT2D eigenvalue weighted by molar-refractivity contribution is -0.118. The van der Waals surface area contributed by atoms with Gasteiger partial charge in [-0.05, 0) is 42.8 Å². The molecule has 0 aliphatic rings. The zero-order chi connectivity index (χ0) is 20.5. The van der Waals surface area contributed by atoms with Gasteiger partial charge >= 0.3 is 5.97 Å². The molecule has 0 unspecified atom stereocenters. The summed E-state index contributed by atoms with van der Waals surface area (Å²) in [6.07, 6.45) is 3.84. The van der Waals surface area contributed by atoms with E-state index in [0.29, 0.717) is 22.9 Å². The number of methoxy groups -OCH3 is 3. The van der Waals surface area contributed by atoms with Crippen molar-refractivity contribution in [3.63, 3.8) is 0 Å². The lowest BCUT2D eigenvalue weighted by atomic mass is 10.1. The Morgan fingerprint density at radius 2 is 1.79 bits per heavy atom. The maximum absolute atomic E-state index is 12.3. The molecule has 0 radical (unpaired) electrons. The molecule has 2 aromatic rings. The van der Waals surface area contributed by atoms with Crippen LogP contribution in [0.1, 0.15) is 22.8 Å². The van der Waals surface area contributed by atoms with E-state index < -0.39 is 11.9 Å². The van der Waals surface area contributed by atoms with E-state index in [-0.39, 0.29) is 12.2 Å². The van der Waals surface area contributed by atoms with Crippen LogP contribution in [0.3, 0.4) is 0 Å². The van der Waals surface area contributed by atoms with E-state index in [2.05, 4.69) is 5.32 Å². The number of anilines is 1. The molecule has 2 aromatic carbocycles. The number of hydrogen-bond acceptors (Lipinski definition) is 6. The van der Waals surface area contributed by atoms with Gasteiger partial charge in [-0.2, -0.15) is 0 Å². The second-order valence-electron chi connectivity index (χ2n) is 5.65. The second-order valence-corrected chi connectivity index (χ2v) is 5.65. The first kappa shape index (κ1) is 20.8. The lowest BCUT2D eigenvalue weighted by Gasteiger charge is -2.13. The average Bonchev–Trinajstić information content (AvgIpc) is 2.72. The molecule has 0 heterocycles. The molecule has 0 saturated heterocycles. The van der Waals surface area contributed by atoms with E-state index in [1.807, 2.05) is 31.2 Å². The van der Waals surface area contributed by atoms with E-state index >= 15 is 0 Å². The van der Waals surface area contributed by atoms with Crippen LogP contribution in [0.15, 0.2) is 42.5 Å². The highest BCUT2D eigenvalue weighted by Crippen LogP contribution is 2.29. The Bertz CT molecular complexity index is 875. The molecule has 0 bridgehead atoms. The lowest BCUT2D eigenvalue weighted by Crippen LogP contribution is -2.22. The first-order valence-electron chi connectivity index (χ1n) is 8.52. The van der Waals surface area contributed by atoms with E-state index in [4.69, 9.17) is 18.9 Å². The third-order valence-electron chi connectivity index (χ3n) is 3.81. The van der Waals surface area contributed by atoms with Crippen LogP contribution >= 0.6 is 0 Å². The predicted octanol–water partition coefficient (Wildman–Crippen LogP) is 3.54.